The Morgan fingerprint density at radius 2 is 1.73 bits per heavy atom. The fourth-order valence-electron chi connectivity index (χ4n) is 3.08. The Morgan fingerprint density at radius 3 is 2.35 bits per heavy atom. The summed E-state index contributed by atoms with van der Waals surface area (Å²) < 4.78 is 10.9. The Hall–Kier alpha value is -2.04. The van der Waals surface area contributed by atoms with Gasteiger partial charge in [0.2, 0.25) is 0 Å². The summed E-state index contributed by atoms with van der Waals surface area (Å²) in [4.78, 5) is 12.0. The number of esters is 1. The van der Waals surface area contributed by atoms with Crippen LogP contribution in [-0.4, -0.2) is 19.6 Å². The molecule has 1 aliphatic heterocycles. The Kier molecular flexibility index (Phi) is 6.32. The smallest absolute Gasteiger partial charge is 0.327 e. The van der Waals surface area contributed by atoms with Crippen molar-refractivity contribution >= 4 is 18.4 Å². The highest BCUT2D eigenvalue weighted by atomic mass is 35.5. The lowest BCUT2D eigenvalue weighted by Gasteiger charge is -2.25. The lowest BCUT2D eigenvalue weighted by molar-refractivity contribution is -0.143. The van der Waals surface area contributed by atoms with Gasteiger partial charge in [-0.2, -0.15) is 0 Å². The van der Waals surface area contributed by atoms with Crippen LogP contribution in [0.2, 0.25) is 0 Å². The molecule has 0 saturated carbocycles. The van der Waals surface area contributed by atoms with E-state index in [0.29, 0.717) is 0 Å². The van der Waals surface area contributed by atoms with E-state index in [4.69, 9.17) is 9.47 Å². The second-order valence-electron chi connectivity index (χ2n) is 7.40. The molecule has 1 aliphatic rings. The third kappa shape index (κ3) is 4.37. The third-order valence-corrected chi connectivity index (χ3v) is 4.56. The third-order valence-electron chi connectivity index (χ3n) is 4.56. The summed E-state index contributed by atoms with van der Waals surface area (Å²) in [7, 11) is 1.41. The second-order valence-corrected chi connectivity index (χ2v) is 7.40. The average Bonchev–Trinajstić information content (AvgIpc) is 2.60. The fourth-order valence-corrected chi connectivity index (χ4v) is 3.08. The van der Waals surface area contributed by atoms with E-state index in [1.54, 1.807) is 0 Å². The van der Waals surface area contributed by atoms with E-state index in [2.05, 4.69) is 38.2 Å². The van der Waals surface area contributed by atoms with E-state index in [-0.39, 0.29) is 23.8 Å². The van der Waals surface area contributed by atoms with Crippen LogP contribution in [0.1, 0.15) is 43.5 Å². The van der Waals surface area contributed by atoms with Gasteiger partial charge in [0.05, 0.1) is 7.11 Å². The van der Waals surface area contributed by atoms with E-state index in [0.717, 1.165) is 35.6 Å². The maximum atomic E-state index is 12.0. The Bertz CT molecular complexity index is 766. The number of halogens is 1. The number of ether oxygens (including phenoxy) is 2. The van der Waals surface area contributed by atoms with Crippen LogP contribution in [0, 0.1) is 0 Å². The number of fused-ring (bicyclic) bond motifs is 1. The van der Waals surface area contributed by atoms with Crippen LogP contribution in [-0.2, 0) is 21.4 Å². The number of benzene rings is 2. The van der Waals surface area contributed by atoms with Crippen LogP contribution >= 0.6 is 12.4 Å². The number of carbonyl (C=O) groups excluding carboxylic acids is 1. The van der Waals surface area contributed by atoms with Gasteiger partial charge in [0.15, 0.2) is 0 Å². The highest BCUT2D eigenvalue weighted by Crippen LogP contribution is 2.31. The molecule has 0 aromatic heterocycles. The molecular formula is C21H26ClNO3. The number of carbonyl (C=O) groups is 1. The van der Waals surface area contributed by atoms with Gasteiger partial charge < -0.3 is 14.8 Å². The van der Waals surface area contributed by atoms with Crippen molar-refractivity contribution in [2.45, 2.75) is 38.6 Å². The molecule has 0 fully saturated rings. The topological polar surface area (TPSA) is 47.6 Å². The number of rotatable bonds is 3. The van der Waals surface area contributed by atoms with Gasteiger partial charge in [0, 0.05) is 6.54 Å². The fraction of sp³-hybridized carbons (Fsp3) is 0.381. The van der Waals surface area contributed by atoms with Crippen molar-refractivity contribution in [3.63, 3.8) is 0 Å². The van der Waals surface area contributed by atoms with Crippen molar-refractivity contribution in [3.05, 3.63) is 59.2 Å². The van der Waals surface area contributed by atoms with E-state index in [9.17, 15) is 4.79 Å². The predicted molar refractivity (Wildman–Crippen MR) is 105 cm³/mol. The van der Waals surface area contributed by atoms with Gasteiger partial charge in [-0.15, -0.1) is 12.4 Å². The lowest BCUT2D eigenvalue weighted by atomic mass is 9.87. The quantitative estimate of drug-likeness (QED) is 0.799. The largest absolute Gasteiger partial charge is 0.468 e. The summed E-state index contributed by atoms with van der Waals surface area (Å²) in [6.07, 6.45) is 0.892. The van der Waals surface area contributed by atoms with E-state index < -0.39 is 6.04 Å². The molecule has 1 heterocycles. The molecule has 1 unspecified atom stereocenters. The van der Waals surface area contributed by atoms with Crippen LogP contribution in [0.5, 0.6) is 11.5 Å². The van der Waals surface area contributed by atoms with Crippen LogP contribution in [0.4, 0.5) is 0 Å². The molecule has 4 nitrogen and oxygen atoms in total. The summed E-state index contributed by atoms with van der Waals surface area (Å²) in [6.45, 7) is 7.33. The minimum atomic E-state index is -0.430. The van der Waals surface area contributed by atoms with Crippen molar-refractivity contribution in [2.24, 2.45) is 0 Å². The van der Waals surface area contributed by atoms with Gasteiger partial charge in [0.25, 0.3) is 0 Å². The lowest BCUT2D eigenvalue weighted by Crippen LogP contribution is -2.35. The second kappa shape index (κ2) is 8.11. The van der Waals surface area contributed by atoms with Crippen molar-refractivity contribution in [3.8, 4) is 11.5 Å². The minimum Gasteiger partial charge on any atom is -0.468 e. The van der Waals surface area contributed by atoms with Crippen LogP contribution in [0.15, 0.2) is 42.5 Å². The summed E-state index contributed by atoms with van der Waals surface area (Å²) in [6, 6.07) is 13.6. The first-order valence-electron chi connectivity index (χ1n) is 8.61. The molecule has 1 N–H and O–H groups in total. The van der Waals surface area contributed by atoms with Gasteiger partial charge in [0.1, 0.15) is 17.5 Å². The normalized spacial score (nSPS) is 16.2. The Balaban J connectivity index is 0.00000243. The molecule has 0 aliphatic carbocycles. The maximum absolute atomic E-state index is 12.0. The number of hydrogen-bond donors (Lipinski definition) is 1. The molecule has 2 aromatic carbocycles. The Morgan fingerprint density at radius 1 is 1.08 bits per heavy atom. The molecule has 0 bridgehead atoms. The molecule has 140 valence electrons. The SMILES string of the molecule is COC(=O)C1NCCc2ccc(Oc3ccc(C(C)(C)C)cc3)cc21.Cl. The monoisotopic (exact) mass is 375 g/mol. The molecular weight excluding hydrogens is 350 g/mol. The van der Waals surface area contributed by atoms with Gasteiger partial charge >= 0.3 is 5.97 Å². The highest BCUT2D eigenvalue weighted by molar-refractivity contribution is 5.85. The standard InChI is InChI=1S/C21H25NO3.ClH/c1-21(2,3)15-6-9-16(10-7-15)25-17-8-5-14-11-12-22-19(18(14)13-17)20(23)24-4;/h5-10,13,19,22H,11-12H2,1-4H3;1H. The molecule has 0 spiro atoms. The van der Waals surface area contributed by atoms with Crippen LogP contribution in [0.3, 0.4) is 0 Å². The zero-order valence-electron chi connectivity index (χ0n) is 15.7. The Labute approximate surface area is 161 Å². The summed E-state index contributed by atoms with van der Waals surface area (Å²) in [5.74, 6) is 1.24. The zero-order chi connectivity index (χ0) is 18.0. The first-order valence-corrected chi connectivity index (χ1v) is 8.61. The molecule has 5 heteroatoms. The van der Waals surface area contributed by atoms with Crippen LogP contribution < -0.4 is 10.1 Å². The van der Waals surface area contributed by atoms with Crippen molar-refractivity contribution in [1.29, 1.82) is 0 Å². The molecule has 3 rings (SSSR count). The molecule has 0 saturated heterocycles. The number of hydrogen-bond acceptors (Lipinski definition) is 4. The van der Waals surface area contributed by atoms with E-state index in [1.165, 1.54) is 12.7 Å². The summed E-state index contributed by atoms with van der Waals surface area (Å²) >= 11 is 0. The maximum Gasteiger partial charge on any atom is 0.327 e. The molecule has 2 aromatic rings. The summed E-state index contributed by atoms with van der Waals surface area (Å²) in [5.41, 5.74) is 3.47. The van der Waals surface area contributed by atoms with Gasteiger partial charge in [-0.25, -0.2) is 4.79 Å². The predicted octanol–water partition coefficient (Wildman–Crippen LogP) is 4.56. The van der Waals surface area contributed by atoms with Gasteiger partial charge in [-0.1, -0.05) is 39.0 Å². The van der Waals surface area contributed by atoms with Crippen molar-refractivity contribution in [2.75, 3.05) is 13.7 Å². The molecule has 0 radical (unpaired) electrons. The highest BCUT2D eigenvalue weighted by Gasteiger charge is 2.27. The first-order chi connectivity index (χ1) is 11.9. The number of nitrogens with one attached hydrogen (secondary N) is 1. The van der Waals surface area contributed by atoms with Gasteiger partial charge in [-0.05, 0) is 52.8 Å². The average molecular weight is 376 g/mol. The zero-order valence-corrected chi connectivity index (χ0v) is 16.5. The summed E-state index contributed by atoms with van der Waals surface area (Å²) in [5, 5.41) is 3.21. The van der Waals surface area contributed by atoms with Gasteiger partial charge in [-0.3, -0.25) is 0 Å². The molecule has 1 atom stereocenters. The number of methoxy groups -OCH3 is 1. The van der Waals surface area contributed by atoms with Crippen molar-refractivity contribution in [1.82, 2.24) is 5.32 Å². The van der Waals surface area contributed by atoms with Crippen LogP contribution in [0.25, 0.3) is 0 Å². The minimum absolute atomic E-state index is 0. The molecule has 26 heavy (non-hydrogen) atoms. The van der Waals surface area contributed by atoms with E-state index in [1.807, 2.05) is 30.3 Å². The van der Waals surface area contributed by atoms with E-state index >= 15 is 0 Å². The van der Waals surface area contributed by atoms with Crippen molar-refractivity contribution < 1.29 is 14.3 Å². The first kappa shape index (κ1) is 20.3. The molecule has 0 amide bonds.